The summed E-state index contributed by atoms with van der Waals surface area (Å²) in [6.07, 6.45) is 10.8. The lowest BCUT2D eigenvalue weighted by atomic mass is 10.1. The molecule has 0 spiro atoms. The van der Waals surface area contributed by atoms with Gasteiger partial charge < -0.3 is 9.47 Å². The zero-order chi connectivity index (χ0) is 18.9. The van der Waals surface area contributed by atoms with Crippen LogP contribution in [0.4, 0.5) is 0 Å². The predicted octanol–water partition coefficient (Wildman–Crippen LogP) is 3.96. The first-order valence-electron chi connectivity index (χ1n) is 8.64. The van der Waals surface area contributed by atoms with Crippen molar-refractivity contribution in [1.29, 1.82) is 0 Å². The first-order valence-corrected chi connectivity index (χ1v) is 8.64. The minimum absolute atomic E-state index is 0.399. The van der Waals surface area contributed by atoms with Gasteiger partial charge in [-0.15, -0.1) is 0 Å². The van der Waals surface area contributed by atoms with Crippen LogP contribution in [0.5, 0.6) is 0 Å². The van der Waals surface area contributed by atoms with Crippen molar-refractivity contribution in [3.63, 3.8) is 0 Å². The van der Waals surface area contributed by atoms with E-state index < -0.39 is 24.1 Å². The van der Waals surface area contributed by atoms with E-state index in [4.69, 9.17) is 9.47 Å². The van der Waals surface area contributed by atoms with Gasteiger partial charge in [0, 0.05) is 13.8 Å². The number of carbonyl (C=O) groups excluding carboxylic acids is 2. The third-order valence-electron chi connectivity index (χ3n) is 3.08. The average Bonchev–Trinajstić information content (AvgIpc) is 2.55. The standard InChI is InChI=1S/C21H28O4/c1-5-7-8-9-10-11-12-16-21(25-19(4)23)17-14-13-15-20(6-2)24-18(3)22/h6,12,16,20-21H,2,5,7-11H2,1,3-4H3/b16-12-/t20-,21+/m1/s1. The fourth-order valence-electron chi connectivity index (χ4n) is 1.91. The van der Waals surface area contributed by atoms with Crippen molar-refractivity contribution in [2.45, 2.75) is 71.5 Å². The minimum Gasteiger partial charge on any atom is -0.445 e. The molecule has 4 heteroatoms. The lowest BCUT2D eigenvalue weighted by Gasteiger charge is -2.05. The highest BCUT2D eigenvalue weighted by molar-refractivity contribution is 5.67. The second kappa shape index (κ2) is 15.1. The van der Waals surface area contributed by atoms with E-state index in [1.54, 1.807) is 6.08 Å². The maximum atomic E-state index is 11.1. The maximum absolute atomic E-state index is 11.1. The fraction of sp³-hybridized carbons (Fsp3) is 0.524. The smallest absolute Gasteiger partial charge is 0.304 e. The molecule has 0 aromatic carbocycles. The average molecular weight is 344 g/mol. The van der Waals surface area contributed by atoms with Gasteiger partial charge in [0.2, 0.25) is 0 Å². The summed E-state index contributed by atoms with van der Waals surface area (Å²) in [5, 5.41) is 0. The largest absolute Gasteiger partial charge is 0.445 e. The molecule has 0 aliphatic rings. The highest BCUT2D eigenvalue weighted by Gasteiger charge is 2.03. The van der Waals surface area contributed by atoms with Crippen molar-refractivity contribution in [2.24, 2.45) is 0 Å². The van der Waals surface area contributed by atoms with Crippen LogP contribution in [0.15, 0.2) is 24.8 Å². The molecule has 0 aliphatic heterocycles. The number of hydrogen-bond acceptors (Lipinski definition) is 4. The second-order valence-corrected chi connectivity index (χ2v) is 5.47. The van der Waals surface area contributed by atoms with Crippen LogP contribution in [-0.4, -0.2) is 24.1 Å². The molecule has 0 saturated carbocycles. The van der Waals surface area contributed by atoms with E-state index in [0.717, 1.165) is 12.8 Å². The van der Waals surface area contributed by atoms with Gasteiger partial charge in [0.1, 0.15) is 0 Å². The molecule has 0 aromatic rings. The van der Waals surface area contributed by atoms with Crippen LogP contribution < -0.4 is 0 Å². The summed E-state index contributed by atoms with van der Waals surface area (Å²) in [5.41, 5.74) is 0. The van der Waals surface area contributed by atoms with Gasteiger partial charge in [-0.2, -0.15) is 0 Å². The molecule has 0 fully saturated rings. The lowest BCUT2D eigenvalue weighted by molar-refractivity contribution is -0.143. The van der Waals surface area contributed by atoms with Crippen LogP contribution in [0.25, 0.3) is 0 Å². The summed E-state index contributed by atoms with van der Waals surface area (Å²) in [5.74, 6) is 9.79. The summed E-state index contributed by atoms with van der Waals surface area (Å²) < 4.78 is 10.0. The Hall–Kier alpha value is -2.46. The molecule has 25 heavy (non-hydrogen) atoms. The van der Waals surface area contributed by atoms with E-state index in [1.807, 2.05) is 6.08 Å². The molecule has 2 atom stereocenters. The maximum Gasteiger partial charge on any atom is 0.304 e. The summed E-state index contributed by atoms with van der Waals surface area (Å²) in [6, 6.07) is 0. The Bertz CT molecular complexity index is 566. The number of ether oxygens (including phenoxy) is 2. The van der Waals surface area contributed by atoms with Gasteiger partial charge in [0.25, 0.3) is 0 Å². The van der Waals surface area contributed by atoms with Crippen molar-refractivity contribution in [1.82, 2.24) is 0 Å². The minimum atomic E-state index is -0.697. The second-order valence-electron chi connectivity index (χ2n) is 5.47. The zero-order valence-electron chi connectivity index (χ0n) is 15.5. The van der Waals surface area contributed by atoms with Gasteiger partial charge in [-0.1, -0.05) is 45.3 Å². The van der Waals surface area contributed by atoms with Crippen molar-refractivity contribution >= 4 is 11.9 Å². The Labute approximate surface area is 151 Å². The molecule has 0 rings (SSSR count). The third kappa shape index (κ3) is 14.8. The van der Waals surface area contributed by atoms with Gasteiger partial charge >= 0.3 is 11.9 Å². The topological polar surface area (TPSA) is 52.6 Å². The molecular weight excluding hydrogens is 316 g/mol. The molecule has 0 bridgehead atoms. The normalized spacial score (nSPS) is 12.1. The molecule has 0 aromatic heterocycles. The van der Waals surface area contributed by atoms with Crippen LogP contribution in [0, 0.1) is 23.7 Å². The molecule has 0 aliphatic carbocycles. The van der Waals surface area contributed by atoms with Crippen molar-refractivity contribution < 1.29 is 19.1 Å². The molecule has 0 amide bonds. The lowest BCUT2D eigenvalue weighted by Crippen LogP contribution is -2.11. The summed E-state index contributed by atoms with van der Waals surface area (Å²) in [7, 11) is 0. The Morgan fingerprint density at radius 1 is 0.960 bits per heavy atom. The van der Waals surface area contributed by atoms with E-state index >= 15 is 0 Å². The Kier molecular flexibility index (Phi) is 13.6. The number of hydrogen-bond donors (Lipinski definition) is 0. The summed E-state index contributed by atoms with van der Waals surface area (Å²) >= 11 is 0. The number of esters is 2. The molecule has 4 nitrogen and oxygen atoms in total. The van der Waals surface area contributed by atoms with Crippen LogP contribution in [0.2, 0.25) is 0 Å². The van der Waals surface area contributed by atoms with Gasteiger partial charge in [0.15, 0.2) is 12.2 Å². The zero-order valence-corrected chi connectivity index (χ0v) is 15.5. The van der Waals surface area contributed by atoms with E-state index in [2.05, 4.69) is 37.2 Å². The third-order valence-corrected chi connectivity index (χ3v) is 3.08. The Balaban J connectivity index is 4.56. The molecule has 0 N–H and O–H groups in total. The number of carbonyl (C=O) groups is 2. The molecule has 0 saturated heterocycles. The predicted molar refractivity (Wildman–Crippen MR) is 99.4 cm³/mol. The quantitative estimate of drug-likeness (QED) is 0.260. The van der Waals surface area contributed by atoms with Crippen molar-refractivity contribution in [2.75, 3.05) is 0 Å². The number of unbranched alkanes of at least 4 members (excludes halogenated alkanes) is 5. The van der Waals surface area contributed by atoms with Crippen molar-refractivity contribution in [3.8, 4) is 23.7 Å². The van der Waals surface area contributed by atoms with Gasteiger partial charge in [0.05, 0.1) is 0 Å². The highest BCUT2D eigenvalue weighted by atomic mass is 16.5. The van der Waals surface area contributed by atoms with Gasteiger partial charge in [-0.25, -0.2) is 0 Å². The molecular formula is C21H28O4. The van der Waals surface area contributed by atoms with Gasteiger partial charge in [-0.05, 0) is 48.7 Å². The van der Waals surface area contributed by atoms with Crippen LogP contribution >= 0.6 is 0 Å². The van der Waals surface area contributed by atoms with E-state index in [-0.39, 0.29) is 0 Å². The molecule has 0 heterocycles. The van der Waals surface area contributed by atoms with E-state index in [1.165, 1.54) is 45.6 Å². The number of allylic oxidation sites excluding steroid dienone is 1. The SMILES string of the molecule is C=C[C@H](C#CC#C[C@H](/C=C\CCCCCCC)OC(C)=O)OC(C)=O. The van der Waals surface area contributed by atoms with Crippen LogP contribution in [-0.2, 0) is 19.1 Å². The molecule has 136 valence electrons. The highest BCUT2D eigenvalue weighted by Crippen LogP contribution is 2.06. The van der Waals surface area contributed by atoms with Crippen molar-refractivity contribution in [3.05, 3.63) is 24.8 Å². The van der Waals surface area contributed by atoms with Gasteiger partial charge in [-0.3, -0.25) is 9.59 Å². The summed E-state index contributed by atoms with van der Waals surface area (Å²) in [4.78, 5) is 22.0. The number of rotatable bonds is 10. The molecule has 0 unspecified atom stereocenters. The first kappa shape index (κ1) is 22.5. The Morgan fingerprint density at radius 3 is 2.08 bits per heavy atom. The monoisotopic (exact) mass is 344 g/mol. The Morgan fingerprint density at radius 2 is 1.52 bits per heavy atom. The van der Waals surface area contributed by atoms with E-state index in [0.29, 0.717) is 0 Å². The fourth-order valence-corrected chi connectivity index (χ4v) is 1.91. The van der Waals surface area contributed by atoms with Crippen LogP contribution in [0.3, 0.4) is 0 Å². The first-order chi connectivity index (χ1) is 12.0. The van der Waals surface area contributed by atoms with E-state index in [9.17, 15) is 9.59 Å². The summed E-state index contributed by atoms with van der Waals surface area (Å²) in [6.45, 7) is 8.36. The molecule has 0 radical (unpaired) electrons. The van der Waals surface area contributed by atoms with Crippen LogP contribution in [0.1, 0.15) is 59.3 Å².